The Kier molecular flexibility index (Phi) is 13.5. The molecule has 0 radical (unpaired) electrons. The molecular weight excluding hydrogens is 371 g/mol. The first kappa shape index (κ1) is 25.0. The second-order valence-corrected chi connectivity index (χ2v) is 6.96. The van der Waals surface area contributed by atoms with Gasteiger partial charge in [0.2, 0.25) is 0 Å². The SMILES string of the molecule is CCCCCC(=O)O[C@H](COC(=O)CC)COP(=O)(O)OC[C@@H](O)CO. The Labute approximate surface area is 153 Å². The number of hydrogen-bond donors (Lipinski definition) is 3. The van der Waals surface area contributed by atoms with Gasteiger partial charge >= 0.3 is 19.8 Å². The van der Waals surface area contributed by atoms with Crippen molar-refractivity contribution in [2.45, 2.75) is 58.2 Å². The van der Waals surface area contributed by atoms with Crippen LogP contribution in [0.4, 0.5) is 0 Å². The molecule has 0 aliphatic rings. The molecule has 3 atom stereocenters. The van der Waals surface area contributed by atoms with E-state index in [0.29, 0.717) is 6.42 Å². The van der Waals surface area contributed by atoms with Gasteiger partial charge in [0.1, 0.15) is 12.7 Å². The van der Waals surface area contributed by atoms with E-state index in [9.17, 15) is 19.0 Å². The smallest absolute Gasteiger partial charge is 0.462 e. The fourth-order valence-electron chi connectivity index (χ4n) is 1.62. The van der Waals surface area contributed by atoms with Gasteiger partial charge in [-0.15, -0.1) is 0 Å². The lowest BCUT2D eigenvalue weighted by molar-refractivity contribution is -0.161. The molecule has 0 fully saturated rings. The summed E-state index contributed by atoms with van der Waals surface area (Å²) in [6.07, 6.45) is 0.300. The number of aliphatic hydroxyl groups excluding tert-OH is 2. The predicted molar refractivity (Wildman–Crippen MR) is 90.1 cm³/mol. The van der Waals surface area contributed by atoms with Crippen molar-refractivity contribution in [2.24, 2.45) is 0 Å². The van der Waals surface area contributed by atoms with Gasteiger partial charge in [-0.25, -0.2) is 4.57 Å². The molecule has 11 heteroatoms. The van der Waals surface area contributed by atoms with Crippen LogP contribution in [0.15, 0.2) is 0 Å². The fraction of sp³-hybridized carbons (Fsp3) is 0.867. The van der Waals surface area contributed by atoms with E-state index in [4.69, 9.17) is 24.2 Å². The molecule has 0 bridgehead atoms. The van der Waals surface area contributed by atoms with Crippen LogP contribution in [0.25, 0.3) is 0 Å². The first-order valence-corrected chi connectivity index (χ1v) is 9.99. The highest BCUT2D eigenvalue weighted by Crippen LogP contribution is 2.43. The molecule has 0 aromatic heterocycles. The molecule has 0 aromatic carbocycles. The predicted octanol–water partition coefficient (Wildman–Crippen LogP) is 0.918. The Morgan fingerprint density at radius 2 is 1.69 bits per heavy atom. The van der Waals surface area contributed by atoms with Crippen LogP contribution in [0.2, 0.25) is 0 Å². The van der Waals surface area contributed by atoms with Crippen molar-refractivity contribution in [3.63, 3.8) is 0 Å². The van der Waals surface area contributed by atoms with Gasteiger partial charge in [-0.1, -0.05) is 26.7 Å². The Hall–Kier alpha value is -1.03. The average Bonchev–Trinajstić information content (AvgIpc) is 2.61. The maximum absolute atomic E-state index is 11.8. The number of phosphoric acid groups is 1. The van der Waals surface area contributed by atoms with Crippen molar-refractivity contribution in [3.05, 3.63) is 0 Å². The van der Waals surface area contributed by atoms with Crippen molar-refractivity contribution >= 4 is 19.8 Å². The normalized spacial score (nSPS) is 15.7. The van der Waals surface area contributed by atoms with E-state index >= 15 is 0 Å². The first-order chi connectivity index (χ1) is 12.2. The van der Waals surface area contributed by atoms with E-state index in [0.717, 1.165) is 12.8 Å². The molecule has 1 unspecified atom stereocenters. The minimum absolute atomic E-state index is 0.124. The average molecular weight is 400 g/mol. The zero-order valence-electron chi connectivity index (χ0n) is 15.2. The highest BCUT2D eigenvalue weighted by Gasteiger charge is 2.26. The maximum atomic E-state index is 11.8. The third kappa shape index (κ3) is 13.2. The third-order valence-corrected chi connectivity index (χ3v) is 4.02. The summed E-state index contributed by atoms with van der Waals surface area (Å²) in [5.74, 6) is -1.06. The van der Waals surface area contributed by atoms with E-state index in [1.807, 2.05) is 6.92 Å². The summed E-state index contributed by atoms with van der Waals surface area (Å²) in [6, 6.07) is 0. The molecule has 26 heavy (non-hydrogen) atoms. The molecule has 0 aromatic rings. The van der Waals surface area contributed by atoms with Crippen molar-refractivity contribution in [1.82, 2.24) is 0 Å². The maximum Gasteiger partial charge on any atom is 0.472 e. The quantitative estimate of drug-likeness (QED) is 0.206. The Morgan fingerprint density at radius 1 is 1.04 bits per heavy atom. The Bertz CT molecular complexity index is 456. The lowest BCUT2D eigenvalue weighted by Gasteiger charge is -2.20. The van der Waals surface area contributed by atoms with Gasteiger partial charge in [0.05, 0.1) is 19.8 Å². The summed E-state index contributed by atoms with van der Waals surface area (Å²) >= 11 is 0. The van der Waals surface area contributed by atoms with Gasteiger partial charge < -0.3 is 24.6 Å². The second kappa shape index (κ2) is 14.1. The van der Waals surface area contributed by atoms with Crippen LogP contribution in [0.1, 0.15) is 46.0 Å². The van der Waals surface area contributed by atoms with Crippen LogP contribution >= 0.6 is 7.82 Å². The van der Waals surface area contributed by atoms with E-state index < -0.39 is 51.8 Å². The molecule has 3 N–H and O–H groups in total. The molecular formula is C15H29O10P. The molecule has 0 saturated carbocycles. The van der Waals surface area contributed by atoms with Crippen molar-refractivity contribution in [2.75, 3.05) is 26.4 Å². The first-order valence-electron chi connectivity index (χ1n) is 8.49. The van der Waals surface area contributed by atoms with Crippen LogP contribution < -0.4 is 0 Å². The number of aliphatic hydroxyl groups is 2. The molecule has 154 valence electrons. The van der Waals surface area contributed by atoms with Crippen LogP contribution in [0.3, 0.4) is 0 Å². The molecule has 0 aliphatic carbocycles. The summed E-state index contributed by atoms with van der Waals surface area (Å²) in [4.78, 5) is 32.5. The number of esters is 2. The van der Waals surface area contributed by atoms with E-state index in [1.165, 1.54) is 0 Å². The standard InChI is InChI=1S/C15H29O10P/c1-3-5-6-7-15(19)25-13(10-22-14(18)4-2)11-24-26(20,21)23-9-12(17)8-16/h12-13,16-17H,3-11H2,1-2H3,(H,20,21)/t12-,13+/m0/s1. The molecule has 0 saturated heterocycles. The number of ether oxygens (including phenoxy) is 2. The summed E-state index contributed by atoms with van der Waals surface area (Å²) in [5.41, 5.74) is 0. The molecule has 0 rings (SSSR count). The number of rotatable bonds is 15. The molecule has 0 heterocycles. The zero-order valence-corrected chi connectivity index (χ0v) is 16.1. The van der Waals surface area contributed by atoms with Gasteiger partial charge in [-0.3, -0.25) is 18.6 Å². The van der Waals surface area contributed by atoms with Crippen LogP contribution in [-0.4, -0.2) is 65.7 Å². The van der Waals surface area contributed by atoms with Crippen molar-refractivity contribution < 1.29 is 47.8 Å². The summed E-state index contributed by atoms with van der Waals surface area (Å²) < 4.78 is 30.9. The van der Waals surface area contributed by atoms with Gasteiger partial charge in [0, 0.05) is 12.8 Å². The third-order valence-electron chi connectivity index (χ3n) is 3.07. The zero-order chi connectivity index (χ0) is 20.0. The van der Waals surface area contributed by atoms with Gasteiger partial charge in [-0.2, -0.15) is 0 Å². The minimum Gasteiger partial charge on any atom is -0.462 e. The highest BCUT2D eigenvalue weighted by atomic mass is 31.2. The molecule has 0 amide bonds. The van der Waals surface area contributed by atoms with Crippen molar-refractivity contribution in [3.8, 4) is 0 Å². The number of carbonyl (C=O) groups excluding carboxylic acids is 2. The second-order valence-electron chi connectivity index (χ2n) is 5.50. The van der Waals surface area contributed by atoms with Crippen LogP contribution in [-0.2, 0) is 32.7 Å². The van der Waals surface area contributed by atoms with E-state index in [2.05, 4.69) is 4.52 Å². The lowest BCUT2D eigenvalue weighted by Crippen LogP contribution is -2.29. The summed E-state index contributed by atoms with van der Waals surface area (Å²) in [5, 5.41) is 17.7. The van der Waals surface area contributed by atoms with E-state index in [-0.39, 0.29) is 19.4 Å². The fourth-order valence-corrected chi connectivity index (χ4v) is 2.41. The van der Waals surface area contributed by atoms with Gasteiger partial charge in [0.25, 0.3) is 0 Å². The molecule has 0 spiro atoms. The minimum atomic E-state index is -4.54. The Morgan fingerprint density at radius 3 is 2.27 bits per heavy atom. The number of phosphoric ester groups is 1. The van der Waals surface area contributed by atoms with E-state index in [1.54, 1.807) is 6.92 Å². The summed E-state index contributed by atoms with van der Waals surface area (Å²) in [7, 11) is -4.54. The number of hydrogen-bond acceptors (Lipinski definition) is 9. The van der Waals surface area contributed by atoms with Crippen molar-refractivity contribution in [1.29, 1.82) is 0 Å². The summed E-state index contributed by atoms with van der Waals surface area (Å²) in [6.45, 7) is 1.44. The Balaban J connectivity index is 4.55. The van der Waals surface area contributed by atoms with Gasteiger partial charge in [-0.05, 0) is 6.42 Å². The monoisotopic (exact) mass is 400 g/mol. The number of carbonyl (C=O) groups is 2. The largest absolute Gasteiger partial charge is 0.472 e. The van der Waals surface area contributed by atoms with Crippen LogP contribution in [0.5, 0.6) is 0 Å². The highest BCUT2D eigenvalue weighted by molar-refractivity contribution is 7.47. The number of unbranched alkanes of at least 4 members (excludes halogenated alkanes) is 2. The van der Waals surface area contributed by atoms with Gasteiger partial charge in [0.15, 0.2) is 6.10 Å². The topological polar surface area (TPSA) is 149 Å². The molecule has 10 nitrogen and oxygen atoms in total. The van der Waals surface area contributed by atoms with Crippen LogP contribution in [0, 0.1) is 0 Å². The molecule has 0 aliphatic heterocycles. The lowest BCUT2D eigenvalue weighted by atomic mass is 10.2.